The van der Waals surface area contributed by atoms with Gasteiger partial charge < -0.3 is 9.73 Å². The highest BCUT2D eigenvalue weighted by Gasteiger charge is 2.26. The van der Waals surface area contributed by atoms with Gasteiger partial charge >= 0.3 is 0 Å². The molecule has 1 aliphatic heterocycles. The molecular formula is C49H31N3O. The third kappa shape index (κ3) is 4.77. The molecule has 1 unspecified atom stereocenters. The van der Waals surface area contributed by atoms with Crippen LogP contribution in [0.15, 0.2) is 190 Å². The molecule has 1 aliphatic rings. The van der Waals surface area contributed by atoms with Gasteiger partial charge in [0.25, 0.3) is 0 Å². The average Bonchev–Trinajstić information content (AvgIpc) is 3.63. The van der Waals surface area contributed by atoms with Crippen molar-refractivity contribution >= 4 is 76.7 Å². The van der Waals surface area contributed by atoms with Gasteiger partial charge in [0.2, 0.25) is 0 Å². The van der Waals surface area contributed by atoms with E-state index in [1.807, 2.05) is 24.3 Å². The number of fused-ring (bicyclic) bond motifs is 9. The lowest BCUT2D eigenvalue weighted by atomic mass is 9.91. The smallest absolute Gasteiger partial charge is 0.159 e. The molecule has 2 heterocycles. The zero-order valence-electron chi connectivity index (χ0n) is 28.6. The van der Waals surface area contributed by atoms with Gasteiger partial charge in [-0.1, -0.05) is 158 Å². The third-order valence-corrected chi connectivity index (χ3v) is 10.7. The maximum Gasteiger partial charge on any atom is 0.159 e. The molecule has 0 spiro atoms. The fraction of sp³-hybridized carbons (Fsp3) is 0.0204. The highest BCUT2D eigenvalue weighted by atomic mass is 16.3. The van der Waals surface area contributed by atoms with Gasteiger partial charge in [0.1, 0.15) is 23.2 Å². The summed E-state index contributed by atoms with van der Waals surface area (Å²) in [5, 5.41) is 15.6. The fourth-order valence-electron chi connectivity index (χ4n) is 8.20. The van der Waals surface area contributed by atoms with Gasteiger partial charge in [0.15, 0.2) is 5.84 Å². The highest BCUT2D eigenvalue weighted by molar-refractivity contribution is 6.19. The van der Waals surface area contributed by atoms with Crippen LogP contribution in [0.3, 0.4) is 0 Å². The molecule has 0 aliphatic carbocycles. The molecule has 0 saturated carbocycles. The minimum Gasteiger partial charge on any atom is -0.455 e. The Kier molecular flexibility index (Phi) is 6.58. The maximum absolute atomic E-state index is 6.83. The van der Waals surface area contributed by atoms with Crippen molar-refractivity contribution in [3.05, 3.63) is 193 Å². The van der Waals surface area contributed by atoms with Crippen LogP contribution in [0.2, 0.25) is 0 Å². The Morgan fingerprint density at radius 2 is 1.09 bits per heavy atom. The molecule has 11 rings (SSSR count). The van der Waals surface area contributed by atoms with Gasteiger partial charge in [-0.05, 0) is 66.9 Å². The van der Waals surface area contributed by atoms with E-state index < -0.39 is 6.17 Å². The molecule has 0 amide bonds. The molecule has 4 heteroatoms. The van der Waals surface area contributed by atoms with Crippen LogP contribution in [-0.4, -0.2) is 11.7 Å². The number of benzene rings is 9. The largest absolute Gasteiger partial charge is 0.455 e. The molecule has 4 nitrogen and oxygen atoms in total. The van der Waals surface area contributed by atoms with Crippen LogP contribution >= 0.6 is 0 Å². The second-order valence-electron chi connectivity index (χ2n) is 13.7. The van der Waals surface area contributed by atoms with E-state index in [2.05, 4.69) is 157 Å². The van der Waals surface area contributed by atoms with Gasteiger partial charge in [0.05, 0.1) is 0 Å². The normalized spacial score (nSPS) is 14.6. The lowest BCUT2D eigenvalue weighted by Gasteiger charge is -2.25. The standard InChI is InChI=1S/C49H31N3O/c1-2-13-31(14-3-1)47-50-48(34-24-25-37-33(28-34)23-22-30-12-4-6-16-35(30)37)52-49(51-47)42-27-26-40(46-45(42)41-20-10-11-21-44(41)53-46)43-29-32-15-5-7-17-36(32)38-18-8-9-19-39(38)43/h1-29,49H,(H,50,51,52). The Morgan fingerprint density at radius 3 is 1.94 bits per heavy atom. The van der Waals surface area contributed by atoms with Crippen molar-refractivity contribution in [2.24, 2.45) is 9.98 Å². The Balaban J connectivity index is 1.12. The minimum absolute atomic E-state index is 0.420. The van der Waals surface area contributed by atoms with Crippen LogP contribution in [0.5, 0.6) is 0 Å². The van der Waals surface area contributed by atoms with Crippen LogP contribution in [0.25, 0.3) is 76.2 Å². The molecule has 9 aromatic carbocycles. The van der Waals surface area contributed by atoms with Gasteiger partial charge in [-0.15, -0.1) is 0 Å². The first-order valence-corrected chi connectivity index (χ1v) is 18.0. The first-order chi connectivity index (χ1) is 26.3. The summed E-state index contributed by atoms with van der Waals surface area (Å²) in [4.78, 5) is 10.5. The van der Waals surface area contributed by atoms with Crippen LogP contribution in [-0.2, 0) is 0 Å². The van der Waals surface area contributed by atoms with Crippen molar-refractivity contribution in [2.45, 2.75) is 6.17 Å². The predicted molar refractivity (Wildman–Crippen MR) is 221 cm³/mol. The van der Waals surface area contributed by atoms with E-state index in [9.17, 15) is 0 Å². The van der Waals surface area contributed by atoms with E-state index in [1.165, 1.54) is 43.1 Å². The lowest BCUT2D eigenvalue weighted by Crippen LogP contribution is -2.33. The average molecular weight is 678 g/mol. The third-order valence-electron chi connectivity index (χ3n) is 10.7. The van der Waals surface area contributed by atoms with Crippen molar-refractivity contribution in [2.75, 3.05) is 0 Å². The summed E-state index contributed by atoms with van der Waals surface area (Å²) < 4.78 is 6.83. The van der Waals surface area contributed by atoms with E-state index in [1.54, 1.807) is 0 Å². The lowest BCUT2D eigenvalue weighted by molar-refractivity contribution is 0.663. The molecule has 1 N–H and O–H groups in total. The summed E-state index contributed by atoms with van der Waals surface area (Å²) in [7, 11) is 0. The number of furan rings is 1. The summed E-state index contributed by atoms with van der Waals surface area (Å²) in [5.74, 6) is 1.47. The number of hydrogen-bond acceptors (Lipinski definition) is 4. The Labute approximate surface area is 305 Å². The highest BCUT2D eigenvalue weighted by Crippen LogP contribution is 2.44. The summed E-state index contributed by atoms with van der Waals surface area (Å²) in [5.41, 5.74) is 6.91. The molecular weight excluding hydrogens is 647 g/mol. The van der Waals surface area contributed by atoms with E-state index in [4.69, 9.17) is 14.4 Å². The molecule has 0 radical (unpaired) electrons. The first-order valence-electron chi connectivity index (χ1n) is 18.0. The number of nitrogens with zero attached hydrogens (tertiary/aromatic N) is 2. The quantitative estimate of drug-likeness (QED) is 0.189. The van der Waals surface area contributed by atoms with E-state index in [0.29, 0.717) is 5.84 Å². The molecule has 0 fully saturated rings. The molecule has 53 heavy (non-hydrogen) atoms. The van der Waals surface area contributed by atoms with Gasteiger partial charge in [-0.25, -0.2) is 9.98 Å². The SMILES string of the molecule is c1ccc(C2=NC(c3ccc(-c4cc5ccccc5c5ccccc45)c4oc5ccccc5c34)NC(c3ccc4c(ccc5ccccc54)c3)=N2)cc1. The van der Waals surface area contributed by atoms with Crippen LogP contribution in [0, 0.1) is 0 Å². The zero-order valence-corrected chi connectivity index (χ0v) is 28.6. The van der Waals surface area contributed by atoms with Gasteiger partial charge in [-0.3, -0.25) is 0 Å². The molecule has 10 aromatic rings. The zero-order chi connectivity index (χ0) is 34.9. The Hall–Kier alpha value is -7.04. The van der Waals surface area contributed by atoms with Crippen molar-refractivity contribution in [3.8, 4) is 11.1 Å². The van der Waals surface area contributed by atoms with Crippen molar-refractivity contribution in [3.63, 3.8) is 0 Å². The molecule has 1 atom stereocenters. The topological polar surface area (TPSA) is 49.9 Å². The summed E-state index contributed by atoms with van der Waals surface area (Å²) in [6.07, 6.45) is -0.420. The predicted octanol–water partition coefficient (Wildman–Crippen LogP) is 12.4. The number of amidine groups is 2. The number of hydrogen-bond donors (Lipinski definition) is 1. The van der Waals surface area contributed by atoms with E-state index in [-0.39, 0.29) is 0 Å². The van der Waals surface area contributed by atoms with Crippen molar-refractivity contribution in [1.82, 2.24) is 5.32 Å². The van der Waals surface area contributed by atoms with Crippen molar-refractivity contribution < 1.29 is 4.42 Å². The summed E-state index contributed by atoms with van der Waals surface area (Å²) in [6, 6.07) is 62.1. The van der Waals surface area contributed by atoms with Crippen LogP contribution in [0.4, 0.5) is 0 Å². The molecule has 1 aromatic heterocycles. The molecule has 0 saturated heterocycles. The fourth-order valence-corrected chi connectivity index (χ4v) is 8.20. The molecule has 248 valence electrons. The van der Waals surface area contributed by atoms with Gasteiger partial charge in [0, 0.05) is 33.0 Å². The number of rotatable bonds is 4. The summed E-state index contributed by atoms with van der Waals surface area (Å²) in [6.45, 7) is 0. The first kappa shape index (κ1) is 29.7. The Morgan fingerprint density at radius 1 is 0.453 bits per heavy atom. The van der Waals surface area contributed by atoms with Gasteiger partial charge in [-0.2, -0.15) is 0 Å². The number of nitrogens with one attached hydrogen (secondary N) is 1. The monoisotopic (exact) mass is 677 g/mol. The molecule has 0 bridgehead atoms. The second kappa shape index (κ2) is 11.8. The minimum atomic E-state index is -0.420. The van der Waals surface area contributed by atoms with E-state index >= 15 is 0 Å². The second-order valence-corrected chi connectivity index (χ2v) is 13.7. The van der Waals surface area contributed by atoms with Crippen LogP contribution in [0.1, 0.15) is 22.9 Å². The van der Waals surface area contributed by atoms with Crippen molar-refractivity contribution in [1.29, 1.82) is 0 Å². The Bertz CT molecular complexity index is 3150. The number of aliphatic imine (C=N–C) groups is 2. The van der Waals surface area contributed by atoms with Crippen LogP contribution < -0.4 is 5.32 Å². The maximum atomic E-state index is 6.83. The summed E-state index contributed by atoms with van der Waals surface area (Å²) >= 11 is 0. The number of para-hydroxylation sites is 1. The van der Waals surface area contributed by atoms with E-state index in [0.717, 1.165) is 55.6 Å².